The Labute approximate surface area is 160 Å². The number of benzene rings is 3. The van der Waals surface area contributed by atoms with Crippen molar-refractivity contribution in [3.63, 3.8) is 0 Å². The van der Waals surface area contributed by atoms with Crippen LogP contribution in [0, 0.1) is 0 Å². The molecule has 3 rings (SSSR count). The third-order valence-electron chi connectivity index (χ3n) is 4.31. The number of nitrogens with one attached hydrogen (secondary N) is 1. The van der Waals surface area contributed by atoms with Gasteiger partial charge in [0.2, 0.25) is 5.91 Å². The van der Waals surface area contributed by atoms with Crippen molar-refractivity contribution in [2.75, 3.05) is 18.5 Å². The molecular weight excluding hydrogens is 338 g/mol. The third-order valence-corrected chi connectivity index (χ3v) is 4.31. The smallest absolute Gasteiger partial charge is 0.224 e. The van der Waals surface area contributed by atoms with Crippen LogP contribution >= 0.6 is 0 Å². The van der Waals surface area contributed by atoms with E-state index in [0.29, 0.717) is 26.1 Å². The second kappa shape index (κ2) is 9.08. The fraction of sp³-hybridized carbons (Fsp3) is 0.261. The number of rotatable bonds is 8. The maximum atomic E-state index is 12.4. The van der Waals surface area contributed by atoms with Crippen LogP contribution < -0.4 is 14.8 Å². The maximum absolute atomic E-state index is 12.4. The average Bonchev–Trinajstić information content (AvgIpc) is 2.69. The van der Waals surface area contributed by atoms with E-state index in [9.17, 15) is 4.79 Å². The lowest BCUT2D eigenvalue weighted by Gasteiger charge is -2.13. The Hall–Kier alpha value is -3.01. The number of hydrogen-bond donors (Lipinski definition) is 1. The van der Waals surface area contributed by atoms with Crippen LogP contribution in [0.5, 0.6) is 11.5 Å². The van der Waals surface area contributed by atoms with Gasteiger partial charge in [-0.25, -0.2) is 0 Å². The Morgan fingerprint density at radius 2 is 1.63 bits per heavy atom. The molecule has 0 spiro atoms. The predicted molar refractivity (Wildman–Crippen MR) is 110 cm³/mol. The van der Waals surface area contributed by atoms with Gasteiger partial charge in [-0.15, -0.1) is 0 Å². The molecule has 0 saturated carbocycles. The Kier molecular flexibility index (Phi) is 6.31. The lowest BCUT2D eigenvalue weighted by atomic mass is 10.1. The van der Waals surface area contributed by atoms with Crippen LogP contribution in [0.3, 0.4) is 0 Å². The molecule has 3 aromatic carbocycles. The van der Waals surface area contributed by atoms with Crippen LogP contribution in [0.15, 0.2) is 60.7 Å². The van der Waals surface area contributed by atoms with E-state index in [0.717, 1.165) is 33.5 Å². The number of hydrogen-bond acceptors (Lipinski definition) is 3. The highest BCUT2D eigenvalue weighted by atomic mass is 16.5. The second-order valence-corrected chi connectivity index (χ2v) is 6.22. The van der Waals surface area contributed by atoms with Gasteiger partial charge in [-0.05, 0) is 49.4 Å². The molecule has 0 saturated heterocycles. The summed E-state index contributed by atoms with van der Waals surface area (Å²) in [5.74, 6) is 1.47. The Balaban J connectivity index is 1.66. The van der Waals surface area contributed by atoms with E-state index in [1.807, 2.05) is 74.5 Å². The molecule has 0 aliphatic carbocycles. The normalized spacial score (nSPS) is 10.6. The summed E-state index contributed by atoms with van der Waals surface area (Å²) in [5.41, 5.74) is 1.90. The summed E-state index contributed by atoms with van der Waals surface area (Å²) in [6.07, 6.45) is 1.05. The van der Waals surface area contributed by atoms with Crippen LogP contribution in [0.2, 0.25) is 0 Å². The summed E-state index contributed by atoms with van der Waals surface area (Å²) in [6, 6.07) is 19.8. The monoisotopic (exact) mass is 363 g/mol. The van der Waals surface area contributed by atoms with Crippen LogP contribution in [-0.4, -0.2) is 19.1 Å². The minimum atomic E-state index is -0.00167. The summed E-state index contributed by atoms with van der Waals surface area (Å²) in [4.78, 5) is 12.4. The predicted octanol–water partition coefficient (Wildman–Crippen LogP) is 5.21. The van der Waals surface area contributed by atoms with Gasteiger partial charge in [0, 0.05) is 17.5 Å². The van der Waals surface area contributed by atoms with Gasteiger partial charge in [-0.2, -0.15) is 0 Å². The molecule has 0 heterocycles. The SMILES string of the molecule is CCOc1ccc(CCC(=O)Nc2cccc3ccccc23)cc1OCC. The lowest BCUT2D eigenvalue weighted by Crippen LogP contribution is -2.12. The molecule has 0 unspecified atom stereocenters. The maximum Gasteiger partial charge on any atom is 0.224 e. The van der Waals surface area contributed by atoms with E-state index < -0.39 is 0 Å². The highest BCUT2D eigenvalue weighted by Gasteiger charge is 2.09. The Morgan fingerprint density at radius 3 is 2.44 bits per heavy atom. The molecule has 4 nitrogen and oxygen atoms in total. The summed E-state index contributed by atoms with van der Waals surface area (Å²) in [6.45, 7) is 5.05. The molecule has 3 aromatic rings. The molecule has 0 atom stereocenters. The van der Waals surface area contributed by atoms with Crippen molar-refractivity contribution in [1.82, 2.24) is 0 Å². The molecule has 0 aliphatic rings. The van der Waals surface area contributed by atoms with Crippen molar-refractivity contribution in [2.24, 2.45) is 0 Å². The molecule has 0 fully saturated rings. The van der Waals surface area contributed by atoms with E-state index in [1.165, 1.54) is 0 Å². The first-order valence-corrected chi connectivity index (χ1v) is 9.37. The number of fused-ring (bicyclic) bond motifs is 1. The number of ether oxygens (including phenoxy) is 2. The van der Waals surface area contributed by atoms with Gasteiger partial charge < -0.3 is 14.8 Å². The molecule has 0 bridgehead atoms. The number of carbonyl (C=O) groups excluding carboxylic acids is 1. The van der Waals surface area contributed by atoms with Crippen LogP contribution in [-0.2, 0) is 11.2 Å². The largest absolute Gasteiger partial charge is 0.490 e. The van der Waals surface area contributed by atoms with Gasteiger partial charge in [0.05, 0.1) is 13.2 Å². The van der Waals surface area contributed by atoms with Gasteiger partial charge in [-0.3, -0.25) is 4.79 Å². The van der Waals surface area contributed by atoms with Crippen LogP contribution in [0.25, 0.3) is 10.8 Å². The number of amides is 1. The van der Waals surface area contributed by atoms with Crippen LogP contribution in [0.4, 0.5) is 5.69 Å². The molecular formula is C23H25NO3. The van der Waals surface area contributed by atoms with Gasteiger partial charge >= 0.3 is 0 Å². The van der Waals surface area contributed by atoms with E-state index in [-0.39, 0.29) is 5.91 Å². The molecule has 0 aliphatic heterocycles. The molecule has 0 aromatic heterocycles. The first kappa shape index (κ1) is 18.8. The van der Waals surface area contributed by atoms with Crippen molar-refractivity contribution in [3.8, 4) is 11.5 Å². The zero-order valence-corrected chi connectivity index (χ0v) is 15.8. The van der Waals surface area contributed by atoms with Crippen molar-refractivity contribution in [1.29, 1.82) is 0 Å². The van der Waals surface area contributed by atoms with E-state index in [1.54, 1.807) is 0 Å². The summed E-state index contributed by atoms with van der Waals surface area (Å²) >= 11 is 0. The van der Waals surface area contributed by atoms with E-state index in [2.05, 4.69) is 5.32 Å². The molecule has 140 valence electrons. The summed E-state index contributed by atoms with van der Waals surface area (Å²) < 4.78 is 11.2. The van der Waals surface area contributed by atoms with Gasteiger partial charge in [0.15, 0.2) is 11.5 Å². The second-order valence-electron chi connectivity index (χ2n) is 6.22. The average molecular weight is 363 g/mol. The standard InChI is InChI=1S/C23H25NO3/c1-3-26-21-14-12-17(16-22(21)27-4-2)13-15-23(25)24-20-11-7-9-18-8-5-6-10-19(18)20/h5-12,14,16H,3-4,13,15H2,1-2H3,(H,24,25). The van der Waals surface area contributed by atoms with Crippen molar-refractivity contribution >= 4 is 22.4 Å². The minimum absolute atomic E-state index is 0.00167. The highest BCUT2D eigenvalue weighted by Crippen LogP contribution is 2.29. The molecule has 0 radical (unpaired) electrons. The van der Waals surface area contributed by atoms with Gasteiger partial charge in [0.25, 0.3) is 0 Å². The van der Waals surface area contributed by atoms with Gasteiger partial charge in [0.1, 0.15) is 0 Å². The van der Waals surface area contributed by atoms with Crippen molar-refractivity contribution < 1.29 is 14.3 Å². The minimum Gasteiger partial charge on any atom is -0.490 e. The molecule has 27 heavy (non-hydrogen) atoms. The van der Waals surface area contributed by atoms with Crippen molar-refractivity contribution in [2.45, 2.75) is 26.7 Å². The molecule has 1 N–H and O–H groups in total. The van der Waals surface area contributed by atoms with E-state index >= 15 is 0 Å². The topological polar surface area (TPSA) is 47.6 Å². The summed E-state index contributed by atoms with van der Waals surface area (Å²) in [5, 5.41) is 5.19. The zero-order valence-electron chi connectivity index (χ0n) is 15.8. The summed E-state index contributed by atoms with van der Waals surface area (Å²) in [7, 11) is 0. The first-order chi connectivity index (χ1) is 13.2. The van der Waals surface area contributed by atoms with Crippen LogP contribution in [0.1, 0.15) is 25.8 Å². The fourth-order valence-corrected chi connectivity index (χ4v) is 3.06. The van der Waals surface area contributed by atoms with Gasteiger partial charge in [-0.1, -0.05) is 42.5 Å². The van der Waals surface area contributed by atoms with E-state index in [4.69, 9.17) is 9.47 Å². The third kappa shape index (κ3) is 4.79. The number of carbonyl (C=O) groups is 1. The fourth-order valence-electron chi connectivity index (χ4n) is 3.06. The van der Waals surface area contributed by atoms with Crippen molar-refractivity contribution in [3.05, 3.63) is 66.2 Å². The quantitative estimate of drug-likeness (QED) is 0.598. The Morgan fingerprint density at radius 1 is 0.889 bits per heavy atom. The lowest BCUT2D eigenvalue weighted by molar-refractivity contribution is -0.116. The first-order valence-electron chi connectivity index (χ1n) is 9.37. The Bertz CT molecular complexity index is 915. The number of aryl methyl sites for hydroxylation is 1. The number of anilines is 1. The molecule has 4 heteroatoms. The highest BCUT2D eigenvalue weighted by molar-refractivity contribution is 6.02. The zero-order chi connectivity index (χ0) is 19.1. The molecule has 1 amide bonds.